The van der Waals surface area contributed by atoms with Crippen molar-refractivity contribution in [2.45, 2.75) is 18.6 Å². The van der Waals surface area contributed by atoms with Gasteiger partial charge >= 0.3 is 12.1 Å². The third kappa shape index (κ3) is 2.95. The molecule has 0 aliphatic carbocycles. The number of carbonyl (C=O) groups is 1. The Labute approximate surface area is 122 Å². The molecule has 3 rings (SSSR count). The van der Waals surface area contributed by atoms with E-state index in [4.69, 9.17) is 4.74 Å². The maximum Gasteiger partial charge on any atom is 0.445 e. The van der Waals surface area contributed by atoms with Gasteiger partial charge in [-0.15, -0.1) is 10.2 Å². The van der Waals surface area contributed by atoms with E-state index in [2.05, 4.69) is 10.2 Å². The van der Waals surface area contributed by atoms with Gasteiger partial charge in [0.2, 0.25) is 10.1 Å². The zero-order valence-electron chi connectivity index (χ0n) is 11.0. The molecular formula is C11H13F3N4O2S. The first kappa shape index (κ1) is 14.5. The molecule has 2 aliphatic heterocycles. The van der Waals surface area contributed by atoms with E-state index in [-0.39, 0.29) is 17.1 Å². The van der Waals surface area contributed by atoms with Gasteiger partial charge in [0.1, 0.15) is 6.04 Å². The summed E-state index contributed by atoms with van der Waals surface area (Å²) in [5.41, 5.74) is 0. The number of carbonyl (C=O) groups excluding carboxylic acids is 1. The molecule has 1 aromatic heterocycles. The zero-order chi connectivity index (χ0) is 15.0. The predicted octanol–water partition coefficient (Wildman–Crippen LogP) is 0.994. The Hall–Kier alpha value is -1.42. The van der Waals surface area contributed by atoms with Crippen LogP contribution in [-0.2, 0) is 15.7 Å². The second-order valence-electron chi connectivity index (χ2n) is 4.88. The van der Waals surface area contributed by atoms with Crippen molar-refractivity contribution in [1.82, 2.24) is 15.1 Å². The van der Waals surface area contributed by atoms with Crippen molar-refractivity contribution in [3.63, 3.8) is 0 Å². The Kier molecular flexibility index (Phi) is 3.74. The van der Waals surface area contributed by atoms with Gasteiger partial charge in [-0.05, 0) is 0 Å². The van der Waals surface area contributed by atoms with Crippen molar-refractivity contribution in [2.75, 3.05) is 37.7 Å². The Morgan fingerprint density at radius 1 is 1.19 bits per heavy atom. The normalized spacial score (nSPS) is 24.4. The summed E-state index contributed by atoms with van der Waals surface area (Å²) >= 11 is 0.549. The fraction of sp³-hybridized carbons (Fsp3) is 0.727. The van der Waals surface area contributed by atoms with Crippen LogP contribution in [0.25, 0.3) is 0 Å². The van der Waals surface area contributed by atoms with E-state index < -0.39 is 11.2 Å². The van der Waals surface area contributed by atoms with Crippen molar-refractivity contribution in [2.24, 2.45) is 0 Å². The first-order valence-electron chi connectivity index (χ1n) is 6.51. The van der Waals surface area contributed by atoms with Gasteiger partial charge in [-0.3, -0.25) is 9.69 Å². The number of nitrogens with zero attached hydrogens (tertiary/aromatic N) is 4. The van der Waals surface area contributed by atoms with Gasteiger partial charge in [-0.25, -0.2) is 0 Å². The molecule has 2 fully saturated rings. The van der Waals surface area contributed by atoms with Crippen LogP contribution in [0, 0.1) is 0 Å². The van der Waals surface area contributed by atoms with Crippen LogP contribution in [-0.4, -0.2) is 59.9 Å². The molecule has 10 heteroatoms. The number of cyclic esters (lactones) is 1. The van der Waals surface area contributed by atoms with E-state index in [0.29, 0.717) is 50.5 Å². The summed E-state index contributed by atoms with van der Waals surface area (Å²) in [5, 5.41) is 6.14. The Bertz CT molecular complexity index is 528. The van der Waals surface area contributed by atoms with Crippen molar-refractivity contribution in [3.8, 4) is 0 Å². The fourth-order valence-electron chi connectivity index (χ4n) is 2.50. The van der Waals surface area contributed by atoms with Gasteiger partial charge in [0.15, 0.2) is 0 Å². The maximum atomic E-state index is 12.5. The SMILES string of the molecule is O=C1OCCC1N1CCN(c2nnc(C(F)(F)F)s2)CC1. The smallest absolute Gasteiger partial charge is 0.445 e. The van der Waals surface area contributed by atoms with E-state index in [1.54, 1.807) is 4.90 Å². The molecule has 6 nitrogen and oxygen atoms in total. The molecule has 0 radical (unpaired) electrons. The quantitative estimate of drug-likeness (QED) is 0.757. The molecule has 1 unspecified atom stereocenters. The van der Waals surface area contributed by atoms with Gasteiger partial charge in [-0.2, -0.15) is 13.2 Å². The molecule has 0 aromatic carbocycles. The summed E-state index contributed by atoms with van der Waals surface area (Å²) in [7, 11) is 0. The highest BCUT2D eigenvalue weighted by molar-refractivity contribution is 7.15. The summed E-state index contributed by atoms with van der Waals surface area (Å²) < 4.78 is 42.5. The Morgan fingerprint density at radius 2 is 1.90 bits per heavy atom. The molecule has 0 bridgehead atoms. The number of piperazine rings is 1. The lowest BCUT2D eigenvalue weighted by molar-refractivity contribution is -0.142. The largest absolute Gasteiger partial charge is 0.464 e. The third-order valence-electron chi connectivity index (χ3n) is 3.59. The fourth-order valence-corrected chi connectivity index (χ4v) is 3.26. The van der Waals surface area contributed by atoms with Crippen LogP contribution in [0.1, 0.15) is 11.4 Å². The highest BCUT2D eigenvalue weighted by Gasteiger charge is 2.37. The van der Waals surface area contributed by atoms with Crippen LogP contribution in [0.4, 0.5) is 18.3 Å². The molecule has 3 heterocycles. The summed E-state index contributed by atoms with van der Waals surface area (Å²) in [6, 6.07) is -0.215. The van der Waals surface area contributed by atoms with Crippen molar-refractivity contribution in [1.29, 1.82) is 0 Å². The molecule has 2 aliphatic rings. The summed E-state index contributed by atoms with van der Waals surface area (Å²) in [5.74, 6) is -0.210. The van der Waals surface area contributed by atoms with E-state index in [0.717, 1.165) is 0 Å². The van der Waals surface area contributed by atoms with Crippen LogP contribution in [0.3, 0.4) is 0 Å². The van der Waals surface area contributed by atoms with Crippen LogP contribution >= 0.6 is 11.3 Å². The lowest BCUT2D eigenvalue weighted by Gasteiger charge is -2.36. The van der Waals surface area contributed by atoms with Gasteiger partial charge in [-0.1, -0.05) is 11.3 Å². The lowest BCUT2D eigenvalue weighted by Crippen LogP contribution is -2.51. The van der Waals surface area contributed by atoms with Crippen molar-refractivity contribution >= 4 is 22.4 Å². The number of ether oxygens (including phenoxy) is 1. The third-order valence-corrected chi connectivity index (χ3v) is 4.62. The van der Waals surface area contributed by atoms with Gasteiger partial charge in [0.05, 0.1) is 6.61 Å². The lowest BCUT2D eigenvalue weighted by atomic mass is 10.2. The average molecular weight is 322 g/mol. The molecule has 0 spiro atoms. The van der Waals surface area contributed by atoms with Crippen molar-refractivity contribution in [3.05, 3.63) is 5.01 Å². The van der Waals surface area contributed by atoms with Crippen LogP contribution < -0.4 is 4.90 Å². The van der Waals surface area contributed by atoms with Crippen LogP contribution in [0.5, 0.6) is 0 Å². The predicted molar refractivity (Wildman–Crippen MR) is 68.1 cm³/mol. The number of anilines is 1. The van der Waals surface area contributed by atoms with E-state index in [9.17, 15) is 18.0 Å². The van der Waals surface area contributed by atoms with Crippen molar-refractivity contribution < 1.29 is 22.7 Å². The number of esters is 1. The minimum atomic E-state index is -4.45. The molecule has 0 amide bonds. The highest BCUT2D eigenvalue weighted by atomic mass is 32.1. The average Bonchev–Trinajstić information content (AvgIpc) is 3.07. The second kappa shape index (κ2) is 5.41. The number of rotatable bonds is 2. The first-order chi connectivity index (χ1) is 9.95. The van der Waals surface area contributed by atoms with E-state index in [1.165, 1.54) is 0 Å². The number of alkyl halides is 3. The molecule has 0 saturated carbocycles. The van der Waals surface area contributed by atoms with E-state index >= 15 is 0 Å². The molecule has 1 atom stereocenters. The monoisotopic (exact) mass is 322 g/mol. The molecule has 116 valence electrons. The minimum Gasteiger partial charge on any atom is -0.464 e. The summed E-state index contributed by atoms with van der Waals surface area (Å²) in [6.07, 6.45) is -3.78. The van der Waals surface area contributed by atoms with E-state index in [1.807, 2.05) is 4.90 Å². The zero-order valence-corrected chi connectivity index (χ0v) is 11.8. The van der Waals surface area contributed by atoms with Gasteiger partial charge < -0.3 is 9.64 Å². The number of aromatic nitrogens is 2. The molecule has 2 saturated heterocycles. The summed E-state index contributed by atoms with van der Waals surface area (Å²) in [6.45, 7) is 2.68. The van der Waals surface area contributed by atoms with Crippen LogP contribution in [0.15, 0.2) is 0 Å². The number of hydrogen-bond donors (Lipinski definition) is 0. The molecule has 0 N–H and O–H groups in total. The van der Waals surface area contributed by atoms with Gasteiger partial charge in [0.25, 0.3) is 0 Å². The Balaban J connectivity index is 1.61. The molecule has 1 aromatic rings. The summed E-state index contributed by atoms with van der Waals surface area (Å²) in [4.78, 5) is 15.3. The standard InChI is InChI=1S/C11H13F3N4O2S/c12-11(13,14)9-15-16-10(21-9)18-4-2-17(3-5-18)7-1-6-20-8(7)19/h7H,1-6H2. The highest BCUT2D eigenvalue weighted by Crippen LogP contribution is 2.34. The molecule has 21 heavy (non-hydrogen) atoms. The van der Waals surface area contributed by atoms with Gasteiger partial charge in [0, 0.05) is 32.6 Å². The number of halogens is 3. The molecular weight excluding hydrogens is 309 g/mol. The second-order valence-corrected chi connectivity index (χ2v) is 5.84. The number of hydrogen-bond acceptors (Lipinski definition) is 7. The maximum absolute atomic E-state index is 12.5. The first-order valence-corrected chi connectivity index (χ1v) is 7.33. The Morgan fingerprint density at radius 3 is 2.43 bits per heavy atom. The minimum absolute atomic E-state index is 0.210. The topological polar surface area (TPSA) is 58.6 Å². The van der Waals surface area contributed by atoms with Crippen LogP contribution in [0.2, 0.25) is 0 Å².